The number of aryl methyl sites for hydroxylation is 2. The van der Waals surface area contributed by atoms with Gasteiger partial charge in [-0.1, -0.05) is 35.9 Å². The van der Waals surface area contributed by atoms with E-state index in [2.05, 4.69) is 79.4 Å². The molecule has 2 aromatic carbocycles. The molecular weight excluding hydrogens is 388 g/mol. The van der Waals surface area contributed by atoms with Crippen molar-refractivity contribution in [3.8, 4) is 22.6 Å². The summed E-state index contributed by atoms with van der Waals surface area (Å²) in [6.07, 6.45) is 9.68. The van der Waals surface area contributed by atoms with Crippen LogP contribution in [0.4, 0.5) is 5.69 Å². The van der Waals surface area contributed by atoms with Crippen LogP contribution < -0.4 is 5.32 Å². The maximum absolute atomic E-state index is 5.49. The molecule has 0 amide bonds. The van der Waals surface area contributed by atoms with E-state index in [1.165, 1.54) is 17.5 Å². The van der Waals surface area contributed by atoms with Gasteiger partial charge in [0.2, 0.25) is 6.39 Å². The fourth-order valence-corrected chi connectivity index (χ4v) is 3.73. The van der Waals surface area contributed by atoms with E-state index in [-0.39, 0.29) is 0 Å². The Morgan fingerprint density at radius 2 is 2.03 bits per heavy atom. The van der Waals surface area contributed by atoms with Gasteiger partial charge in [0.1, 0.15) is 0 Å². The van der Waals surface area contributed by atoms with Crippen LogP contribution in [0.3, 0.4) is 0 Å². The Labute approximate surface area is 179 Å². The fourth-order valence-electron chi connectivity index (χ4n) is 3.73. The van der Waals surface area contributed by atoms with Gasteiger partial charge in [0.05, 0.1) is 23.1 Å². The van der Waals surface area contributed by atoms with Crippen LogP contribution in [-0.4, -0.2) is 31.3 Å². The predicted molar refractivity (Wildman–Crippen MR) is 121 cm³/mol. The van der Waals surface area contributed by atoms with E-state index in [1.807, 2.05) is 12.5 Å². The van der Waals surface area contributed by atoms with Gasteiger partial charge in [0.15, 0.2) is 0 Å². The molecule has 0 radical (unpaired) electrons. The number of pyridine rings is 1. The molecular formula is C24H22N6O. The molecule has 0 saturated heterocycles. The molecule has 154 valence electrons. The standard InChI is InChI=1S/C24H22N6O/c1-17-4-2-5-18(12-17)19-6-7-22-20(13-19)23(21(14-27-22)24-29-28-16-31-24)26-8-3-10-30-11-9-25-15-30/h2,4-7,9,11-16H,3,8,10H2,1H3,(H,26,27). The van der Waals surface area contributed by atoms with E-state index in [4.69, 9.17) is 4.42 Å². The minimum Gasteiger partial charge on any atom is -0.423 e. The molecule has 5 aromatic rings. The molecule has 7 heteroatoms. The van der Waals surface area contributed by atoms with E-state index >= 15 is 0 Å². The summed E-state index contributed by atoms with van der Waals surface area (Å²) in [6.45, 7) is 3.78. The van der Waals surface area contributed by atoms with Crippen LogP contribution in [0.1, 0.15) is 12.0 Å². The van der Waals surface area contributed by atoms with Gasteiger partial charge in [0, 0.05) is 37.1 Å². The van der Waals surface area contributed by atoms with Gasteiger partial charge >= 0.3 is 0 Å². The second kappa shape index (κ2) is 8.39. The van der Waals surface area contributed by atoms with Crippen LogP contribution in [0.15, 0.2) is 78.2 Å². The number of hydrogen-bond donors (Lipinski definition) is 1. The van der Waals surface area contributed by atoms with Crippen LogP contribution in [-0.2, 0) is 6.54 Å². The zero-order chi connectivity index (χ0) is 21.0. The first-order valence-electron chi connectivity index (χ1n) is 10.2. The fraction of sp³-hybridized carbons (Fsp3) is 0.167. The lowest BCUT2D eigenvalue weighted by molar-refractivity contribution is 0.568. The quantitative estimate of drug-likeness (QED) is 0.382. The lowest BCUT2D eigenvalue weighted by Crippen LogP contribution is -2.07. The lowest BCUT2D eigenvalue weighted by atomic mass is 10.00. The topological polar surface area (TPSA) is 81.7 Å². The monoisotopic (exact) mass is 410 g/mol. The molecule has 31 heavy (non-hydrogen) atoms. The van der Waals surface area contributed by atoms with Crippen molar-refractivity contribution in [3.63, 3.8) is 0 Å². The van der Waals surface area contributed by atoms with Crippen molar-refractivity contribution in [1.82, 2.24) is 24.7 Å². The SMILES string of the molecule is Cc1cccc(-c2ccc3ncc(-c4nnco4)c(NCCCn4ccnc4)c3c2)c1. The summed E-state index contributed by atoms with van der Waals surface area (Å²) < 4.78 is 7.56. The van der Waals surface area contributed by atoms with Crippen LogP contribution in [0.25, 0.3) is 33.5 Å². The number of anilines is 1. The van der Waals surface area contributed by atoms with Gasteiger partial charge in [0.25, 0.3) is 5.89 Å². The Kier molecular flexibility index (Phi) is 5.14. The number of rotatable bonds is 7. The van der Waals surface area contributed by atoms with Crippen LogP contribution in [0.5, 0.6) is 0 Å². The third-order valence-electron chi connectivity index (χ3n) is 5.26. The molecule has 5 rings (SSSR count). The largest absolute Gasteiger partial charge is 0.423 e. The summed E-state index contributed by atoms with van der Waals surface area (Å²) in [7, 11) is 0. The third kappa shape index (κ3) is 4.02. The number of benzene rings is 2. The number of imidazole rings is 1. The van der Waals surface area contributed by atoms with Crippen molar-refractivity contribution in [2.75, 3.05) is 11.9 Å². The first-order valence-corrected chi connectivity index (χ1v) is 10.2. The smallest absolute Gasteiger partial charge is 0.251 e. The first kappa shape index (κ1) is 19.0. The number of fused-ring (bicyclic) bond motifs is 1. The van der Waals surface area contributed by atoms with Gasteiger partial charge in [-0.3, -0.25) is 4.98 Å². The molecule has 0 bridgehead atoms. The maximum atomic E-state index is 5.49. The van der Waals surface area contributed by atoms with Crippen LogP contribution >= 0.6 is 0 Å². The number of nitrogens with zero attached hydrogens (tertiary/aromatic N) is 5. The van der Waals surface area contributed by atoms with Crippen molar-refractivity contribution >= 4 is 16.6 Å². The van der Waals surface area contributed by atoms with Crippen LogP contribution in [0.2, 0.25) is 0 Å². The normalized spacial score (nSPS) is 11.1. The highest BCUT2D eigenvalue weighted by Crippen LogP contribution is 2.35. The zero-order valence-electron chi connectivity index (χ0n) is 17.2. The maximum Gasteiger partial charge on any atom is 0.251 e. The summed E-state index contributed by atoms with van der Waals surface area (Å²) in [6, 6.07) is 14.8. The van der Waals surface area contributed by atoms with Gasteiger partial charge in [-0.25, -0.2) is 4.98 Å². The van der Waals surface area contributed by atoms with Gasteiger partial charge in [-0.15, -0.1) is 10.2 Å². The van der Waals surface area contributed by atoms with E-state index in [0.717, 1.165) is 47.2 Å². The third-order valence-corrected chi connectivity index (χ3v) is 5.26. The second-order valence-corrected chi connectivity index (χ2v) is 7.47. The molecule has 1 N–H and O–H groups in total. The number of hydrogen-bond acceptors (Lipinski definition) is 6. The summed E-state index contributed by atoms with van der Waals surface area (Å²) in [5.41, 5.74) is 6.21. The Bertz CT molecular complexity index is 1300. The summed E-state index contributed by atoms with van der Waals surface area (Å²) in [5, 5.41) is 12.6. The molecule has 0 aliphatic carbocycles. The zero-order valence-corrected chi connectivity index (χ0v) is 17.2. The predicted octanol–water partition coefficient (Wildman–Crippen LogP) is 4.96. The summed E-state index contributed by atoms with van der Waals surface area (Å²) >= 11 is 0. The lowest BCUT2D eigenvalue weighted by Gasteiger charge is -2.14. The molecule has 7 nitrogen and oxygen atoms in total. The highest BCUT2D eigenvalue weighted by atomic mass is 16.4. The Morgan fingerprint density at radius 3 is 2.84 bits per heavy atom. The molecule has 0 unspecified atom stereocenters. The van der Waals surface area contributed by atoms with Crippen molar-refractivity contribution in [2.45, 2.75) is 19.9 Å². The molecule has 0 aliphatic heterocycles. The average Bonchev–Trinajstić information content (AvgIpc) is 3.51. The van der Waals surface area contributed by atoms with Gasteiger partial charge in [-0.05, 0) is 36.6 Å². The molecule has 0 fully saturated rings. The highest BCUT2D eigenvalue weighted by molar-refractivity contribution is 6.00. The number of nitrogens with one attached hydrogen (secondary N) is 1. The van der Waals surface area contributed by atoms with E-state index in [9.17, 15) is 0 Å². The molecule has 3 heterocycles. The van der Waals surface area contributed by atoms with E-state index < -0.39 is 0 Å². The molecule has 0 atom stereocenters. The minimum atomic E-state index is 0.451. The first-order chi connectivity index (χ1) is 15.3. The molecule has 3 aromatic heterocycles. The second-order valence-electron chi connectivity index (χ2n) is 7.47. The van der Waals surface area contributed by atoms with Crippen molar-refractivity contribution in [2.24, 2.45) is 0 Å². The van der Waals surface area contributed by atoms with E-state index in [1.54, 1.807) is 12.4 Å². The minimum absolute atomic E-state index is 0.451. The highest BCUT2D eigenvalue weighted by Gasteiger charge is 2.15. The van der Waals surface area contributed by atoms with Gasteiger partial charge in [-0.2, -0.15) is 0 Å². The van der Waals surface area contributed by atoms with Crippen LogP contribution in [0, 0.1) is 6.92 Å². The average molecular weight is 410 g/mol. The van der Waals surface area contributed by atoms with Crippen molar-refractivity contribution < 1.29 is 4.42 Å². The summed E-state index contributed by atoms with van der Waals surface area (Å²) in [5.74, 6) is 0.451. The molecule has 0 saturated carbocycles. The van der Waals surface area contributed by atoms with Crippen molar-refractivity contribution in [1.29, 1.82) is 0 Å². The number of aromatic nitrogens is 5. The van der Waals surface area contributed by atoms with Gasteiger partial charge < -0.3 is 14.3 Å². The Balaban J connectivity index is 1.53. The van der Waals surface area contributed by atoms with Crippen molar-refractivity contribution in [3.05, 3.63) is 79.3 Å². The molecule has 0 spiro atoms. The Morgan fingerprint density at radius 1 is 1.10 bits per heavy atom. The van der Waals surface area contributed by atoms with E-state index in [0.29, 0.717) is 5.89 Å². The summed E-state index contributed by atoms with van der Waals surface area (Å²) in [4.78, 5) is 8.74. The Hall–Kier alpha value is -4.00. The molecule has 0 aliphatic rings.